The third-order valence-corrected chi connectivity index (χ3v) is 3.40. The molecule has 112 valence electrons. The minimum Gasteiger partial charge on any atom is -0.489 e. The summed E-state index contributed by atoms with van der Waals surface area (Å²) in [6, 6.07) is 5.13. The molecule has 4 nitrogen and oxygen atoms in total. The summed E-state index contributed by atoms with van der Waals surface area (Å²) < 4.78 is 5.58. The number of halogens is 2. The lowest BCUT2D eigenvalue weighted by Gasteiger charge is -2.34. The van der Waals surface area contributed by atoms with Gasteiger partial charge in [0.2, 0.25) is 0 Å². The molecule has 0 aliphatic heterocycles. The fourth-order valence-electron chi connectivity index (χ4n) is 1.69. The quantitative estimate of drug-likeness (QED) is 0.871. The predicted molar refractivity (Wildman–Crippen MR) is 80.9 cm³/mol. The van der Waals surface area contributed by atoms with Crippen molar-refractivity contribution in [2.24, 2.45) is 0 Å². The molecule has 0 spiro atoms. The van der Waals surface area contributed by atoms with E-state index >= 15 is 0 Å². The largest absolute Gasteiger partial charge is 0.489 e. The zero-order valence-corrected chi connectivity index (χ0v) is 13.3. The summed E-state index contributed by atoms with van der Waals surface area (Å²) in [6.45, 7) is 6.61. The number of carbonyl (C=O) groups is 1. The molecule has 0 saturated carbocycles. The fourth-order valence-corrected chi connectivity index (χ4v) is 2.20. The van der Waals surface area contributed by atoms with E-state index in [0.29, 0.717) is 28.9 Å². The Labute approximate surface area is 129 Å². The first-order valence-electron chi connectivity index (χ1n) is 6.25. The van der Waals surface area contributed by atoms with E-state index in [1.54, 1.807) is 18.2 Å². The summed E-state index contributed by atoms with van der Waals surface area (Å²) in [7, 11) is 0. The van der Waals surface area contributed by atoms with Crippen molar-refractivity contribution in [3.63, 3.8) is 0 Å². The van der Waals surface area contributed by atoms with Gasteiger partial charge in [-0.15, -0.1) is 0 Å². The molecule has 0 amide bonds. The van der Waals surface area contributed by atoms with Crippen molar-refractivity contribution in [3.8, 4) is 5.75 Å². The van der Waals surface area contributed by atoms with Crippen molar-refractivity contribution in [1.82, 2.24) is 4.90 Å². The second-order valence-corrected chi connectivity index (χ2v) is 6.20. The molecular weight excluding hydrogens is 301 g/mol. The van der Waals surface area contributed by atoms with Gasteiger partial charge in [-0.25, -0.2) is 0 Å². The molecule has 0 saturated heterocycles. The third kappa shape index (κ3) is 5.19. The van der Waals surface area contributed by atoms with Crippen molar-refractivity contribution in [2.75, 3.05) is 19.7 Å². The van der Waals surface area contributed by atoms with Crippen molar-refractivity contribution in [2.45, 2.75) is 26.3 Å². The van der Waals surface area contributed by atoms with Crippen LogP contribution < -0.4 is 4.74 Å². The highest BCUT2D eigenvalue weighted by molar-refractivity contribution is 6.37. The van der Waals surface area contributed by atoms with E-state index in [-0.39, 0.29) is 12.1 Å². The van der Waals surface area contributed by atoms with Gasteiger partial charge in [0, 0.05) is 12.1 Å². The van der Waals surface area contributed by atoms with Crippen LogP contribution in [0.25, 0.3) is 0 Å². The predicted octanol–water partition coefficient (Wildman–Crippen LogP) is 3.56. The summed E-state index contributed by atoms with van der Waals surface area (Å²) in [5.41, 5.74) is -0.258. The summed E-state index contributed by atoms with van der Waals surface area (Å²) in [5, 5.41) is 9.81. The van der Waals surface area contributed by atoms with Gasteiger partial charge in [-0.1, -0.05) is 29.3 Å². The lowest BCUT2D eigenvalue weighted by molar-refractivity contribution is -0.139. The number of hydrogen-bond acceptors (Lipinski definition) is 3. The monoisotopic (exact) mass is 319 g/mol. The fraction of sp³-hybridized carbons (Fsp3) is 0.500. The van der Waals surface area contributed by atoms with E-state index in [1.165, 1.54) is 0 Å². The molecule has 1 N–H and O–H groups in total. The van der Waals surface area contributed by atoms with Crippen LogP contribution in [0, 0.1) is 0 Å². The lowest BCUT2D eigenvalue weighted by Crippen LogP contribution is -2.46. The van der Waals surface area contributed by atoms with E-state index in [2.05, 4.69) is 0 Å². The first kappa shape index (κ1) is 17.1. The molecular formula is C14H19Cl2NO3. The maximum Gasteiger partial charge on any atom is 0.317 e. The lowest BCUT2D eigenvalue weighted by atomic mass is 10.1. The third-order valence-electron chi connectivity index (χ3n) is 2.80. The van der Waals surface area contributed by atoms with Crippen LogP contribution in [0.2, 0.25) is 10.0 Å². The van der Waals surface area contributed by atoms with E-state index in [4.69, 9.17) is 33.0 Å². The van der Waals surface area contributed by atoms with E-state index < -0.39 is 5.97 Å². The molecule has 1 aromatic carbocycles. The Balaban J connectivity index is 2.63. The van der Waals surface area contributed by atoms with Gasteiger partial charge in [0.05, 0.1) is 16.6 Å². The van der Waals surface area contributed by atoms with Crippen LogP contribution in [0.4, 0.5) is 0 Å². The van der Waals surface area contributed by atoms with Crippen LogP contribution in [-0.2, 0) is 4.79 Å². The second-order valence-electron chi connectivity index (χ2n) is 5.39. The zero-order chi connectivity index (χ0) is 15.3. The molecule has 6 heteroatoms. The summed E-state index contributed by atoms with van der Waals surface area (Å²) in [4.78, 5) is 12.7. The van der Waals surface area contributed by atoms with Crippen LogP contribution in [0.3, 0.4) is 0 Å². The molecule has 0 aliphatic rings. The minimum absolute atomic E-state index is 0.0386. The molecule has 1 rings (SSSR count). The maximum atomic E-state index is 10.9. The molecule has 0 unspecified atom stereocenters. The smallest absolute Gasteiger partial charge is 0.317 e. The van der Waals surface area contributed by atoms with Crippen molar-refractivity contribution >= 4 is 29.2 Å². The molecule has 0 bridgehead atoms. The van der Waals surface area contributed by atoms with Gasteiger partial charge in [0.25, 0.3) is 0 Å². The van der Waals surface area contributed by atoms with Crippen LogP contribution in [0.15, 0.2) is 18.2 Å². The Morgan fingerprint density at radius 3 is 2.30 bits per heavy atom. The van der Waals surface area contributed by atoms with Crippen LogP contribution >= 0.6 is 23.2 Å². The highest BCUT2D eigenvalue weighted by atomic mass is 35.5. The van der Waals surface area contributed by atoms with Gasteiger partial charge in [-0.05, 0) is 32.9 Å². The number of nitrogens with zero attached hydrogens (tertiary/aromatic N) is 1. The van der Waals surface area contributed by atoms with Gasteiger partial charge >= 0.3 is 5.97 Å². The van der Waals surface area contributed by atoms with E-state index in [1.807, 2.05) is 25.7 Å². The van der Waals surface area contributed by atoms with Crippen molar-refractivity contribution in [1.29, 1.82) is 0 Å². The second kappa shape index (κ2) is 7.16. The molecule has 0 fully saturated rings. The average molecular weight is 320 g/mol. The molecule has 0 heterocycles. The normalized spacial score (nSPS) is 11.7. The minimum atomic E-state index is -0.865. The number of rotatable bonds is 6. The molecule has 0 atom stereocenters. The summed E-state index contributed by atoms with van der Waals surface area (Å²) in [6.07, 6.45) is 0. The Morgan fingerprint density at radius 2 is 1.85 bits per heavy atom. The van der Waals surface area contributed by atoms with Gasteiger partial charge in [-0.2, -0.15) is 0 Å². The highest BCUT2D eigenvalue weighted by Gasteiger charge is 2.23. The van der Waals surface area contributed by atoms with Gasteiger partial charge < -0.3 is 9.84 Å². The maximum absolute atomic E-state index is 10.9. The van der Waals surface area contributed by atoms with Crippen LogP contribution in [0.5, 0.6) is 5.75 Å². The number of hydrogen-bond donors (Lipinski definition) is 1. The Bertz CT molecular complexity index is 452. The number of para-hydroxylation sites is 1. The number of ether oxygens (including phenoxy) is 1. The highest BCUT2D eigenvalue weighted by Crippen LogP contribution is 2.32. The molecule has 20 heavy (non-hydrogen) atoms. The molecule has 0 aromatic heterocycles. The zero-order valence-electron chi connectivity index (χ0n) is 11.8. The first-order valence-corrected chi connectivity index (χ1v) is 7.01. The summed E-state index contributed by atoms with van der Waals surface area (Å²) >= 11 is 12.0. The first-order chi connectivity index (χ1) is 9.21. The number of carboxylic acids is 1. The van der Waals surface area contributed by atoms with Crippen molar-refractivity contribution < 1.29 is 14.6 Å². The van der Waals surface area contributed by atoms with E-state index in [9.17, 15) is 4.79 Å². The Kier molecular flexibility index (Phi) is 6.11. The topological polar surface area (TPSA) is 49.8 Å². The van der Waals surface area contributed by atoms with Gasteiger partial charge in [0.15, 0.2) is 5.75 Å². The van der Waals surface area contributed by atoms with Crippen LogP contribution in [-0.4, -0.2) is 41.2 Å². The summed E-state index contributed by atoms with van der Waals surface area (Å²) in [5.74, 6) is -0.435. The SMILES string of the molecule is CC(C)(C)N(CCOc1c(Cl)cccc1Cl)CC(=O)O. The molecule has 1 aromatic rings. The van der Waals surface area contributed by atoms with Gasteiger partial charge in [0.1, 0.15) is 6.61 Å². The molecule has 0 radical (unpaired) electrons. The van der Waals surface area contributed by atoms with Gasteiger partial charge in [-0.3, -0.25) is 9.69 Å². The Hall–Kier alpha value is -0.970. The Morgan fingerprint density at radius 1 is 1.30 bits per heavy atom. The molecule has 0 aliphatic carbocycles. The van der Waals surface area contributed by atoms with Crippen molar-refractivity contribution in [3.05, 3.63) is 28.2 Å². The van der Waals surface area contributed by atoms with Crippen LogP contribution in [0.1, 0.15) is 20.8 Å². The standard InChI is InChI=1S/C14H19Cl2NO3/c1-14(2,3)17(9-12(18)19)7-8-20-13-10(15)5-4-6-11(13)16/h4-6H,7-9H2,1-3H3,(H,18,19). The number of aliphatic carboxylic acids is 1. The average Bonchev–Trinajstić information content (AvgIpc) is 2.29. The number of carboxylic acid groups (broad SMARTS) is 1. The number of benzene rings is 1. The van der Waals surface area contributed by atoms with E-state index in [0.717, 1.165) is 0 Å².